The number of hydrogen-bond donors (Lipinski definition) is 1. The minimum atomic E-state index is -0.292. The molecule has 0 aliphatic rings. The van der Waals surface area contributed by atoms with E-state index in [-0.39, 0.29) is 11.9 Å². The van der Waals surface area contributed by atoms with Gasteiger partial charge in [0.1, 0.15) is 11.9 Å². The van der Waals surface area contributed by atoms with Crippen LogP contribution in [0.25, 0.3) is 11.0 Å². The van der Waals surface area contributed by atoms with Crippen molar-refractivity contribution in [3.63, 3.8) is 0 Å². The maximum atomic E-state index is 12.3. The van der Waals surface area contributed by atoms with Crippen molar-refractivity contribution in [3.8, 4) is 0 Å². The van der Waals surface area contributed by atoms with E-state index in [1.54, 1.807) is 0 Å². The van der Waals surface area contributed by atoms with E-state index in [4.69, 9.17) is 11.6 Å². The van der Waals surface area contributed by atoms with Crippen molar-refractivity contribution in [2.45, 2.75) is 32.7 Å². The monoisotopic (exact) mass is 419 g/mol. The van der Waals surface area contributed by atoms with Crippen LogP contribution in [0.1, 0.15) is 32.1 Å². The van der Waals surface area contributed by atoms with Crippen molar-refractivity contribution in [1.29, 1.82) is 0 Å². The molecule has 0 saturated carbocycles. The summed E-state index contributed by atoms with van der Waals surface area (Å²) in [6.45, 7) is 4.64. The number of carbonyl (C=O) groups excluding carboxylic acids is 1. The number of halogens is 2. The van der Waals surface area contributed by atoms with Gasteiger partial charge >= 0.3 is 0 Å². The maximum Gasteiger partial charge on any atom is 0.242 e. The number of hydrogen-bond acceptors (Lipinski definition) is 2. The molecule has 0 spiro atoms. The Hall–Kier alpha value is -0.820. The van der Waals surface area contributed by atoms with E-state index in [1.807, 2.05) is 36.6 Å². The first kappa shape index (κ1) is 16.5. The second-order valence-electron chi connectivity index (χ2n) is 4.94. The van der Waals surface area contributed by atoms with Crippen LogP contribution in [0.15, 0.2) is 18.2 Å². The third-order valence-corrected chi connectivity index (χ3v) is 4.22. The molecule has 1 aromatic heterocycles. The summed E-state index contributed by atoms with van der Waals surface area (Å²) < 4.78 is 3.13. The van der Waals surface area contributed by atoms with Crippen LogP contribution in [-0.2, 0) is 11.2 Å². The lowest BCUT2D eigenvalue weighted by molar-refractivity contribution is -0.123. The average molecular weight is 420 g/mol. The molecule has 1 atom stereocenters. The highest BCUT2D eigenvalue weighted by molar-refractivity contribution is 14.1. The summed E-state index contributed by atoms with van der Waals surface area (Å²) in [6.07, 6.45) is 1.58. The van der Waals surface area contributed by atoms with Gasteiger partial charge < -0.3 is 9.88 Å². The Labute approximate surface area is 143 Å². The summed E-state index contributed by atoms with van der Waals surface area (Å²) in [5.41, 5.74) is 1.90. The summed E-state index contributed by atoms with van der Waals surface area (Å²) in [6, 6.07) is 5.79. The molecule has 6 heteroatoms. The van der Waals surface area contributed by atoms with Crippen LogP contribution in [-0.4, -0.2) is 27.9 Å². The zero-order valence-electron chi connectivity index (χ0n) is 12.2. The fraction of sp³-hybridized carbons (Fsp3) is 0.467. The van der Waals surface area contributed by atoms with E-state index < -0.39 is 0 Å². The number of aryl methyl sites for hydroxylation is 1. The molecule has 1 unspecified atom stereocenters. The molecular weight excluding hydrogens is 401 g/mol. The Morgan fingerprint density at radius 3 is 2.95 bits per heavy atom. The van der Waals surface area contributed by atoms with Gasteiger partial charge in [-0.05, 0) is 54.1 Å². The Balaban J connectivity index is 2.44. The molecule has 114 valence electrons. The highest BCUT2D eigenvalue weighted by Gasteiger charge is 2.21. The molecule has 0 saturated heterocycles. The first-order valence-electron chi connectivity index (χ1n) is 7.08. The predicted octanol–water partition coefficient (Wildman–Crippen LogP) is 3.51. The molecule has 2 rings (SSSR count). The number of alkyl halides is 1. The zero-order valence-corrected chi connectivity index (χ0v) is 15.1. The predicted molar refractivity (Wildman–Crippen MR) is 94.9 cm³/mol. The largest absolute Gasteiger partial charge is 0.354 e. The Morgan fingerprint density at radius 1 is 1.52 bits per heavy atom. The SMILES string of the molecule is CCCNC(=O)C(C)n1c(CCCl)nc2cc(I)ccc21. The molecule has 21 heavy (non-hydrogen) atoms. The van der Waals surface area contributed by atoms with Crippen LogP contribution >= 0.6 is 34.2 Å². The molecule has 2 aromatic rings. The fourth-order valence-corrected chi connectivity index (χ4v) is 2.97. The first-order valence-corrected chi connectivity index (χ1v) is 8.69. The summed E-state index contributed by atoms with van der Waals surface area (Å²) >= 11 is 8.14. The van der Waals surface area contributed by atoms with E-state index in [0.717, 1.165) is 26.8 Å². The second-order valence-corrected chi connectivity index (χ2v) is 6.56. The first-order chi connectivity index (χ1) is 10.1. The van der Waals surface area contributed by atoms with Crippen molar-refractivity contribution in [2.75, 3.05) is 12.4 Å². The summed E-state index contributed by atoms with van der Waals surface area (Å²) in [5.74, 6) is 1.37. The normalized spacial score (nSPS) is 12.6. The standard InChI is InChI=1S/C15H19ClIN3O/c1-3-8-18-15(21)10(2)20-13-5-4-11(17)9-12(13)19-14(20)6-7-16/h4-5,9-10H,3,6-8H2,1-2H3,(H,18,21). The number of nitrogens with zero attached hydrogens (tertiary/aromatic N) is 2. The van der Waals surface area contributed by atoms with Crippen molar-refractivity contribution < 1.29 is 4.79 Å². The number of amides is 1. The fourth-order valence-electron chi connectivity index (χ4n) is 2.33. The van der Waals surface area contributed by atoms with Gasteiger partial charge in [0.15, 0.2) is 0 Å². The highest BCUT2D eigenvalue weighted by atomic mass is 127. The number of rotatable bonds is 6. The van der Waals surface area contributed by atoms with E-state index in [0.29, 0.717) is 18.8 Å². The van der Waals surface area contributed by atoms with Crippen LogP contribution in [0.3, 0.4) is 0 Å². The number of nitrogens with one attached hydrogen (secondary N) is 1. The number of carbonyl (C=O) groups is 1. The summed E-state index contributed by atoms with van der Waals surface area (Å²) in [5, 5.41) is 2.94. The lowest BCUT2D eigenvalue weighted by atomic mass is 10.2. The molecule has 0 fully saturated rings. The van der Waals surface area contributed by atoms with E-state index >= 15 is 0 Å². The molecule has 0 bridgehead atoms. The van der Waals surface area contributed by atoms with Crippen molar-refractivity contribution >= 4 is 51.1 Å². The van der Waals surface area contributed by atoms with Gasteiger partial charge in [-0.2, -0.15) is 0 Å². The molecule has 0 aliphatic carbocycles. The third kappa shape index (κ3) is 3.69. The van der Waals surface area contributed by atoms with Crippen LogP contribution in [0.2, 0.25) is 0 Å². The van der Waals surface area contributed by atoms with Crippen LogP contribution < -0.4 is 5.32 Å². The van der Waals surface area contributed by atoms with Gasteiger partial charge in [-0.1, -0.05) is 6.92 Å². The minimum Gasteiger partial charge on any atom is -0.354 e. The van der Waals surface area contributed by atoms with Crippen LogP contribution in [0.5, 0.6) is 0 Å². The Bertz CT molecular complexity index is 641. The third-order valence-electron chi connectivity index (χ3n) is 3.36. The Morgan fingerprint density at radius 2 is 2.29 bits per heavy atom. The molecule has 1 amide bonds. The van der Waals surface area contributed by atoms with Gasteiger partial charge in [-0.25, -0.2) is 4.98 Å². The average Bonchev–Trinajstić information content (AvgIpc) is 2.81. The lowest BCUT2D eigenvalue weighted by Crippen LogP contribution is -2.32. The minimum absolute atomic E-state index is 0.0190. The van der Waals surface area contributed by atoms with E-state index in [2.05, 4.69) is 32.9 Å². The smallest absolute Gasteiger partial charge is 0.242 e. The Kier molecular flexibility index (Phi) is 5.87. The van der Waals surface area contributed by atoms with Gasteiger partial charge in [0.05, 0.1) is 11.0 Å². The number of imidazole rings is 1. The van der Waals surface area contributed by atoms with Gasteiger partial charge in [0.25, 0.3) is 0 Å². The van der Waals surface area contributed by atoms with E-state index in [1.165, 1.54) is 0 Å². The maximum absolute atomic E-state index is 12.3. The summed E-state index contributed by atoms with van der Waals surface area (Å²) in [7, 11) is 0. The van der Waals surface area contributed by atoms with Crippen molar-refractivity contribution in [3.05, 3.63) is 27.6 Å². The van der Waals surface area contributed by atoms with Gasteiger partial charge in [0.2, 0.25) is 5.91 Å². The van der Waals surface area contributed by atoms with Gasteiger partial charge in [0, 0.05) is 22.4 Å². The number of fused-ring (bicyclic) bond motifs is 1. The molecular formula is C15H19ClIN3O. The topological polar surface area (TPSA) is 46.9 Å². The lowest BCUT2D eigenvalue weighted by Gasteiger charge is -2.17. The van der Waals surface area contributed by atoms with Crippen LogP contribution in [0.4, 0.5) is 0 Å². The van der Waals surface area contributed by atoms with Crippen molar-refractivity contribution in [2.24, 2.45) is 0 Å². The highest BCUT2D eigenvalue weighted by Crippen LogP contribution is 2.24. The molecule has 1 N–H and O–H groups in total. The van der Waals surface area contributed by atoms with Crippen molar-refractivity contribution in [1.82, 2.24) is 14.9 Å². The molecule has 4 nitrogen and oxygen atoms in total. The second kappa shape index (κ2) is 7.45. The molecule has 0 aliphatic heterocycles. The molecule has 0 radical (unpaired) electrons. The van der Waals surface area contributed by atoms with Gasteiger partial charge in [-0.15, -0.1) is 11.6 Å². The van der Waals surface area contributed by atoms with E-state index in [9.17, 15) is 4.79 Å². The quantitative estimate of drug-likeness (QED) is 0.575. The van der Waals surface area contributed by atoms with Gasteiger partial charge in [-0.3, -0.25) is 4.79 Å². The number of benzene rings is 1. The molecule has 1 heterocycles. The number of aromatic nitrogens is 2. The molecule has 1 aromatic carbocycles. The summed E-state index contributed by atoms with van der Waals surface area (Å²) in [4.78, 5) is 16.9. The van der Waals surface area contributed by atoms with Crippen LogP contribution in [0, 0.1) is 3.57 Å². The zero-order chi connectivity index (χ0) is 15.4.